The van der Waals surface area contributed by atoms with Crippen LogP contribution in [0.4, 0.5) is 13.2 Å². The minimum Gasteiger partial charge on any atom is -0.465 e. The Morgan fingerprint density at radius 3 is 2.32 bits per heavy atom. The van der Waals surface area contributed by atoms with Crippen LogP contribution in [0.5, 0.6) is 0 Å². The van der Waals surface area contributed by atoms with Crippen LogP contribution >= 0.6 is 0 Å². The van der Waals surface area contributed by atoms with E-state index in [1.807, 2.05) is 6.07 Å². The molecule has 0 spiro atoms. The molecule has 0 bridgehead atoms. The van der Waals surface area contributed by atoms with Gasteiger partial charge in [0.2, 0.25) is 0 Å². The van der Waals surface area contributed by atoms with Gasteiger partial charge in [0.1, 0.15) is 18.0 Å². The molecule has 0 saturated heterocycles. The number of ether oxygens (including phenoxy) is 1. The second-order valence-electron chi connectivity index (χ2n) is 4.76. The molecule has 0 radical (unpaired) electrons. The van der Waals surface area contributed by atoms with Crippen molar-refractivity contribution in [2.45, 2.75) is 20.8 Å². The average Bonchev–Trinajstić information content (AvgIpc) is 2.45. The molecular weight excluding hydrogens is 299 g/mol. The number of nitriles is 1. The molecular formula is C15H16F3NO3. The Labute approximate surface area is 126 Å². The van der Waals surface area contributed by atoms with Crippen molar-refractivity contribution in [1.29, 1.82) is 5.26 Å². The number of halogens is 3. The lowest BCUT2D eigenvalue weighted by Gasteiger charge is -2.20. The fourth-order valence-electron chi connectivity index (χ4n) is 1.29. The second-order valence-corrected chi connectivity index (χ2v) is 4.76. The van der Waals surface area contributed by atoms with Crippen molar-refractivity contribution < 1.29 is 27.5 Å². The average molecular weight is 315 g/mol. The van der Waals surface area contributed by atoms with Crippen LogP contribution in [0.15, 0.2) is 18.2 Å². The summed E-state index contributed by atoms with van der Waals surface area (Å²) in [5.74, 6) is -4.60. The Bertz CT molecular complexity index is 568. The smallest absolute Gasteiger partial charge is 0.317 e. The van der Waals surface area contributed by atoms with E-state index in [0.717, 1.165) is 12.1 Å². The molecule has 0 amide bonds. The number of carbonyl (C=O) groups excluding carboxylic acids is 2. The number of benzene rings is 1. The SMILES string of the molecule is CCOC(=O)C(C=O)C(C)(C)C#N.Fc1ccc(F)c(F)c1. The van der Waals surface area contributed by atoms with Gasteiger partial charge in [0.15, 0.2) is 11.6 Å². The van der Waals surface area contributed by atoms with Crippen LogP contribution in [-0.2, 0) is 14.3 Å². The van der Waals surface area contributed by atoms with Crippen LogP contribution in [0.2, 0.25) is 0 Å². The van der Waals surface area contributed by atoms with Gasteiger partial charge in [-0.1, -0.05) is 0 Å². The quantitative estimate of drug-likeness (QED) is 0.371. The predicted molar refractivity (Wildman–Crippen MR) is 71.9 cm³/mol. The van der Waals surface area contributed by atoms with Gasteiger partial charge in [-0.15, -0.1) is 0 Å². The number of hydrogen-bond donors (Lipinski definition) is 0. The first-order chi connectivity index (χ1) is 10.2. The van der Waals surface area contributed by atoms with Crippen molar-refractivity contribution in [3.8, 4) is 6.07 Å². The lowest BCUT2D eigenvalue weighted by Crippen LogP contribution is -2.32. The molecule has 0 heterocycles. The maximum absolute atomic E-state index is 12.0. The van der Waals surface area contributed by atoms with Gasteiger partial charge in [0.25, 0.3) is 0 Å². The summed E-state index contributed by atoms with van der Waals surface area (Å²) in [7, 11) is 0. The predicted octanol–water partition coefficient (Wildman–Crippen LogP) is 3.02. The standard InChI is InChI=1S/C9H13NO3.C6H3F3/c1-4-13-8(12)7(5-11)9(2,3)6-10;7-4-1-2-5(8)6(9)3-4/h5,7H,4H2,1-3H3;1-3H. The van der Waals surface area contributed by atoms with Crippen molar-refractivity contribution >= 4 is 12.3 Å². The zero-order valence-corrected chi connectivity index (χ0v) is 12.4. The fraction of sp³-hybridized carbons (Fsp3) is 0.400. The van der Waals surface area contributed by atoms with Crippen molar-refractivity contribution in [3.63, 3.8) is 0 Å². The fourth-order valence-corrected chi connectivity index (χ4v) is 1.29. The highest BCUT2D eigenvalue weighted by Gasteiger charge is 2.36. The Balaban J connectivity index is 0.000000425. The topological polar surface area (TPSA) is 67.2 Å². The maximum Gasteiger partial charge on any atom is 0.317 e. The number of carbonyl (C=O) groups is 2. The number of esters is 1. The van der Waals surface area contributed by atoms with Gasteiger partial charge in [-0.2, -0.15) is 5.26 Å². The van der Waals surface area contributed by atoms with Crippen LogP contribution in [0.1, 0.15) is 20.8 Å². The first-order valence-corrected chi connectivity index (χ1v) is 6.33. The third kappa shape index (κ3) is 5.95. The summed E-state index contributed by atoms with van der Waals surface area (Å²) in [5, 5.41) is 8.70. The summed E-state index contributed by atoms with van der Waals surface area (Å²) < 4.78 is 40.5. The van der Waals surface area contributed by atoms with Gasteiger partial charge in [-0.25, -0.2) is 13.2 Å². The molecule has 0 saturated carbocycles. The summed E-state index contributed by atoms with van der Waals surface area (Å²) in [6.07, 6.45) is 0.460. The van der Waals surface area contributed by atoms with Crippen LogP contribution < -0.4 is 0 Å². The minimum absolute atomic E-state index is 0.213. The normalized spacial score (nSPS) is 11.5. The first-order valence-electron chi connectivity index (χ1n) is 6.33. The van der Waals surface area contributed by atoms with E-state index in [1.54, 1.807) is 6.92 Å². The number of hydrogen-bond acceptors (Lipinski definition) is 4. The molecule has 120 valence electrons. The molecule has 1 aromatic carbocycles. The van der Waals surface area contributed by atoms with Crippen LogP contribution in [-0.4, -0.2) is 18.9 Å². The molecule has 1 rings (SSSR count). The van der Waals surface area contributed by atoms with Crippen molar-refractivity contribution in [2.75, 3.05) is 6.61 Å². The largest absolute Gasteiger partial charge is 0.465 e. The van der Waals surface area contributed by atoms with Gasteiger partial charge >= 0.3 is 5.97 Å². The summed E-state index contributed by atoms with van der Waals surface area (Å²) in [6, 6.07) is 4.00. The Kier molecular flexibility index (Phi) is 7.88. The van der Waals surface area contributed by atoms with Crippen LogP contribution in [0.25, 0.3) is 0 Å². The van der Waals surface area contributed by atoms with E-state index >= 15 is 0 Å². The Morgan fingerprint density at radius 1 is 1.36 bits per heavy atom. The second kappa shape index (κ2) is 8.82. The highest BCUT2D eigenvalue weighted by atomic mass is 19.2. The summed E-state index contributed by atoms with van der Waals surface area (Å²) in [5.41, 5.74) is -1.01. The Hall–Kier alpha value is -2.36. The lowest BCUT2D eigenvalue weighted by atomic mass is 9.81. The molecule has 0 aromatic heterocycles. The highest BCUT2D eigenvalue weighted by molar-refractivity contribution is 5.89. The number of nitrogens with zero attached hydrogens (tertiary/aromatic N) is 1. The molecule has 4 nitrogen and oxygen atoms in total. The van der Waals surface area contributed by atoms with Crippen molar-refractivity contribution in [3.05, 3.63) is 35.7 Å². The lowest BCUT2D eigenvalue weighted by molar-refractivity contribution is -0.152. The van der Waals surface area contributed by atoms with Gasteiger partial charge in [-0.05, 0) is 32.9 Å². The molecule has 1 atom stereocenters. The molecule has 0 N–H and O–H groups in total. The minimum atomic E-state index is -1.16. The molecule has 0 fully saturated rings. The summed E-state index contributed by atoms with van der Waals surface area (Å²) in [6.45, 7) is 4.93. The van der Waals surface area contributed by atoms with Crippen LogP contribution in [0.3, 0.4) is 0 Å². The van der Waals surface area contributed by atoms with Gasteiger partial charge in [0.05, 0.1) is 18.1 Å². The molecule has 0 aliphatic carbocycles. The molecule has 7 heteroatoms. The van der Waals surface area contributed by atoms with E-state index < -0.39 is 34.8 Å². The van der Waals surface area contributed by atoms with Gasteiger partial charge in [-0.3, -0.25) is 4.79 Å². The summed E-state index contributed by atoms with van der Waals surface area (Å²) >= 11 is 0. The first kappa shape index (κ1) is 19.6. The number of aldehydes is 1. The summed E-state index contributed by atoms with van der Waals surface area (Å²) in [4.78, 5) is 21.8. The Morgan fingerprint density at radius 2 is 1.95 bits per heavy atom. The van der Waals surface area contributed by atoms with E-state index in [1.165, 1.54) is 13.8 Å². The molecule has 0 aliphatic rings. The zero-order valence-electron chi connectivity index (χ0n) is 12.4. The monoisotopic (exact) mass is 315 g/mol. The third-order valence-corrected chi connectivity index (χ3v) is 2.62. The molecule has 1 aromatic rings. The molecule has 0 aliphatic heterocycles. The zero-order chi connectivity index (χ0) is 17.3. The van der Waals surface area contributed by atoms with E-state index in [-0.39, 0.29) is 6.61 Å². The molecule has 1 unspecified atom stereocenters. The van der Waals surface area contributed by atoms with E-state index in [2.05, 4.69) is 4.74 Å². The number of rotatable bonds is 4. The van der Waals surface area contributed by atoms with E-state index in [0.29, 0.717) is 12.4 Å². The van der Waals surface area contributed by atoms with E-state index in [4.69, 9.17) is 5.26 Å². The third-order valence-electron chi connectivity index (χ3n) is 2.62. The van der Waals surface area contributed by atoms with Crippen molar-refractivity contribution in [2.24, 2.45) is 11.3 Å². The van der Waals surface area contributed by atoms with E-state index in [9.17, 15) is 22.8 Å². The van der Waals surface area contributed by atoms with Crippen LogP contribution in [0, 0.1) is 40.1 Å². The van der Waals surface area contributed by atoms with Gasteiger partial charge < -0.3 is 9.53 Å². The van der Waals surface area contributed by atoms with Crippen molar-refractivity contribution in [1.82, 2.24) is 0 Å². The maximum atomic E-state index is 12.0. The highest BCUT2D eigenvalue weighted by Crippen LogP contribution is 2.25. The van der Waals surface area contributed by atoms with Gasteiger partial charge in [0, 0.05) is 6.07 Å². The molecule has 22 heavy (non-hydrogen) atoms.